The Morgan fingerprint density at radius 1 is 1.50 bits per heavy atom. The number of nitrogens with zero attached hydrogens (tertiary/aromatic N) is 2. The average Bonchev–Trinajstić information content (AvgIpc) is 2.30. The van der Waals surface area contributed by atoms with Crippen molar-refractivity contribution >= 4 is 23.4 Å². The van der Waals surface area contributed by atoms with Crippen molar-refractivity contribution in [1.82, 2.24) is 9.97 Å². The lowest BCUT2D eigenvalue weighted by atomic mass is 10.1. The topological polar surface area (TPSA) is 70.1 Å². The van der Waals surface area contributed by atoms with E-state index in [1.54, 1.807) is 13.2 Å². The van der Waals surface area contributed by atoms with Crippen molar-refractivity contribution in [2.75, 3.05) is 24.3 Å². The number of halogens is 1. The number of aromatic nitrogens is 2. The summed E-state index contributed by atoms with van der Waals surface area (Å²) in [5.41, 5.74) is 0. The van der Waals surface area contributed by atoms with E-state index in [1.165, 1.54) is 0 Å². The van der Waals surface area contributed by atoms with Gasteiger partial charge in [-0.05, 0) is 12.8 Å². The lowest BCUT2D eigenvalue weighted by Gasteiger charge is -2.20. The fourth-order valence-corrected chi connectivity index (χ4v) is 1.25. The highest BCUT2D eigenvalue weighted by Gasteiger charge is 2.13. The molecule has 0 fully saturated rings. The number of aliphatic hydroxyl groups excluding tert-OH is 1. The molecule has 0 aliphatic heterocycles. The Balaban J connectivity index is 2.79. The van der Waals surface area contributed by atoms with Crippen LogP contribution in [0.5, 0.6) is 0 Å². The predicted molar refractivity (Wildman–Crippen MR) is 65.9 cm³/mol. The fourth-order valence-electron chi connectivity index (χ4n) is 1.10. The second kappa shape index (κ2) is 5.86. The summed E-state index contributed by atoms with van der Waals surface area (Å²) < 4.78 is 0. The molecule has 3 N–H and O–H groups in total. The Hall–Kier alpha value is -1.07. The van der Waals surface area contributed by atoms with Gasteiger partial charge < -0.3 is 15.7 Å². The largest absolute Gasteiger partial charge is 0.396 e. The molecule has 16 heavy (non-hydrogen) atoms. The molecule has 0 bridgehead atoms. The Labute approximate surface area is 100 Å². The summed E-state index contributed by atoms with van der Waals surface area (Å²) in [4.78, 5) is 8.19. The van der Waals surface area contributed by atoms with Crippen molar-refractivity contribution in [3.05, 3.63) is 11.2 Å². The van der Waals surface area contributed by atoms with Crippen LogP contribution in [0.4, 0.5) is 11.8 Å². The van der Waals surface area contributed by atoms with E-state index < -0.39 is 0 Å². The molecule has 5 nitrogen and oxygen atoms in total. The summed E-state index contributed by atoms with van der Waals surface area (Å²) in [6.45, 7) is 4.04. The quantitative estimate of drug-likeness (QED) is 0.734. The van der Waals surface area contributed by atoms with Crippen LogP contribution in [0.2, 0.25) is 5.02 Å². The van der Waals surface area contributed by atoms with Gasteiger partial charge in [0.2, 0.25) is 5.95 Å². The molecular weight excluding hydrogens is 228 g/mol. The van der Waals surface area contributed by atoms with Crippen LogP contribution < -0.4 is 10.6 Å². The van der Waals surface area contributed by atoms with Gasteiger partial charge in [0.1, 0.15) is 5.02 Å². The summed E-state index contributed by atoms with van der Waals surface area (Å²) in [7, 11) is 1.74. The summed E-state index contributed by atoms with van der Waals surface area (Å²) in [6.07, 6.45) is 1.54. The Morgan fingerprint density at radius 2 is 2.19 bits per heavy atom. The maximum atomic E-state index is 9.04. The second-order valence-corrected chi connectivity index (χ2v) is 4.14. The molecule has 2 atom stereocenters. The van der Waals surface area contributed by atoms with E-state index in [2.05, 4.69) is 20.6 Å². The van der Waals surface area contributed by atoms with Crippen molar-refractivity contribution < 1.29 is 5.11 Å². The smallest absolute Gasteiger partial charge is 0.224 e. The van der Waals surface area contributed by atoms with Gasteiger partial charge in [-0.25, -0.2) is 4.98 Å². The number of anilines is 2. The standard InChI is InChI=1S/C10H17ClN4O/c1-6(5-16)7(2)14-9-8(11)4-13-10(12-3)15-9/h4,6-7,16H,5H2,1-3H3,(H2,12,13,14,15). The molecule has 0 saturated heterocycles. The zero-order valence-corrected chi connectivity index (χ0v) is 10.4. The minimum Gasteiger partial charge on any atom is -0.396 e. The number of hydrogen-bond acceptors (Lipinski definition) is 5. The summed E-state index contributed by atoms with van der Waals surface area (Å²) >= 11 is 5.97. The monoisotopic (exact) mass is 244 g/mol. The molecule has 0 spiro atoms. The molecule has 1 aromatic heterocycles. The highest BCUT2D eigenvalue weighted by molar-refractivity contribution is 6.32. The van der Waals surface area contributed by atoms with Crippen LogP contribution >= 0.6 is 11.6 Å². The highest BCUT2D eigenvalue weighted by Crippen LogP contribution is 2.21. The van der Waals surface area contributed by atoms with Crippen LogP contribution in [0.3, 0.4) is 0 Å². The lowest BCUT2D eigenvalue weighted by Crippen LogP contribution is -2.27. The van der Waals surface area contributed by atoms with Crippen LogP contribution in [-0.2, 0) is 0 Å². The van der Waals surface area contributed by atoms with Gasteiger partial charge >= 0.3 is 0 Å². The first-order chi connectivity index (χ1) is 7.58. The second-order valence-electron chi connectivity index (χ2n) is 3.73. The average molecular weight is 245 g/mol. The van der Waals surface area contributed by atoms with Gasteiger partial charge in [-0.3, -0.25) is 0 Å². The van der Waals surface area contributed by atoms with Gasteiger partial charge in [-0.2, -0.15) is 4.98 Å². The molecular formula is C10H17ClN4O. The van der Waals surface area contributed by atoms with Gasteiger partial charge in [0.05, 0.1) is 6.20 Å². The SMILES string of the molecule is CNc1ncc(Cl)c(NC(C)C(C)CO)n1. The van der Waals surface area contributed by atoms with Crippen molar-refractivity contribution in [3.63, 3.8) is 0 Å². The first-order valence-corrected chi connectivity index (χ1v) is 5.54. The minimum absolute atomic E-state index is 0.0853. The van der Waals surface area contributed by atoms with Crippen LogP contribution in [0, 0.1) is 5.92 Å². The molecule has 0 aromatic carbocycles. The van der Waals surface area contributed by atoms with Crippen molar-refractivity contribution in [3.8, 4) is 0 Å². The van der Waals surface area contributed by atoms with Crippen LogP contribution in [-0.4, -0.2) is 34.8 Å². The highest BCUT2D eigenvalue weighted by atomic mass is 35.5. The molecule has 6 heteroatoms. The van der Waals surface area contributed by atoms with E-state index in [9.17, 15) is 0 Å². The Morgan fingerprint density at radius 3 is 2.75 bits per heavy atom. The molecule has 0 aliphatic carbocycles. The van der Waals surface area contributed by atoms with Crippen LogP contribution in [0.1, 0.15) is 13.8 Å². The van der Waals surface area contributed by atoms with Gasteiger partial charge in [0.15, 0.2) is 5.82 Å². The van der Waals surface area contributed by atoms with Gasteiger partial charge in [-0.15, -0.1) is 0 Å². The number of aliphatic hydroxyl groups is 1. The minimum atomic E-state index is 0.0853. The summed E-state index contributed by atoms with van der Waals surface area (Å²) in [5.74, 6) is 1.22. The van der Waals surface area contributed by atoms with Gasteiger partial charge in [-0.1, -0.05) is 18.5 Å². The van der Waals surface area contributed by atoms with Crippen molar-refractivity contribution in [2.24, 2.45) is 5.92 Å². The molecule has 1 rings (SSSR count). The molecule has 2 unspecified atom stereocenters. The van der Waals surface area contributed by atoms with Gasteiger partial charge in [0.25, 0.3) is 0 Å². The third kappa shape index (κ3) is 3.21. The van der Waals surface area contributed by atoms with Crippen molar-refractivity contribution in [2.45, 2.75) is 19.9 Å². The summed E-state index contributed by atoms with van der Waals surface area (Å²) in [6, 6.07) is 0.0853. The van der Waals surface area contributed by atoms with Crippen LogP contribution in [0.15, 0.2) is 6.20 Å². The molecule has 1 aromatic rings. The molecule has 90 valence electrons. The van der Waals surface area contributed by atoms with E-state index in [0.717, 1.165) is 0 Å². The molecule has 0 amide bonds. The molecule has 0 aliphatic rings. The number of rotatable bonds is 5. The van der Waals surface area contributed by atoms with E-state index >= 15 is 0 Å². The maximum absolute atomic E-state index is 9.04. The first-order valence-electron chi connectivity index (χ1n) is 5.16. The first kappa shape index (κ1) is 13.0. The zero-order valence-electron chi connectivity index (χ0n) is 9.66. The third-order valence-corrected chi connectivity index (χ3v) is 2.75. The Bertz CT molecular complexity index is 348. The predicted octanol–water partition coefficient (Wildman–Crippen LogP) is 1.60. The van der Waals surface area contributed by atoms with E-state index in [-0.39, 0.29) is 18.6 Å². The van der Waals surface area contributed by atoms with Gasteiger partial charge in [0, 0.05) is 19.7 Å². The normalized spacial score (nSPS) is 14.3. The third-order valence-electron chi connectivity index (χ3n) is 2.47. The summed E-state index contributed by atoms with van der Waals surface area (Å²) in [5, 5.41) is 15.5. The fraction of sp³-hybridized carbons (Fsp3) is 0.600. The number of nitrogens with one attached hydrogen (secondary N) is 2. The lowest BCUT2D eigenvalue weighted by molar-refractivity contribution is 0.226. The van der Waals surface area contributed by atoms with E-state index in [0.29, 0.717) is 16.8 Å². The maximum Gasteiger partial charge on any atom is 0.224 e. The van der Waals surface area contributed by atoms with Crippen LogP contribution in [0.25, 0.3) is 0 Å². The van der Waals surface area contributed by atoms with E-state index in [1.807, 2.05) is 13.8 Å². The molecule has 1 heterocycles. The zero-order chi connectivity index (χ0) is 12.1. The molecule has 0 radical (unpaired) electrons. The number of hydrogen-bond donors (Lipinski definition) is 3. The van der Waals surface area contributed by atoms with E-state index in [4.69, 9.17) is 16.7 Å². The van der Waals surface area contributed by atoms with Crippen molar-refractivity contribution in [1.29, 1.82) is 0 Å². The Kier molecular flexibility index (Phi) is 4.76. The molecule has 0 saturated carbocycles.